The highest BCUT2D eigenvalue weighted by Gasteiger charge is 2.34. The van der Waals surface area contributed by atoms with E-state index in [0.29, 0.717) is 10.6 Å². The highest BCUT2D eigenvalue weighted by atomic mass is 19.4. The standard InChI is InChI=1S/C17H17F3N4O3/c1-23(2)12-6-3-5-11(9-12)15(26)22-21-14(25)10-24-8-4-7-13(16(24)27)17(18,19)20/h3-9H,10H2,1-2H3,(H,21,25)(H,22,26). The third-order valence-electron chi connectivity index (χ3n) is 3.58. The topological polar surface area (TPSA) is 83.4 Å². The van der Waals surface area contributed by atoms with Crippen LogP contribution in [0, 0.1) is 0 Å². The summed E-state index contributed by atoms with van der Waals surface area (Å²) in [6.07, 6.45) is -3.76. The van der Waals surface area contributed by atoms with E-state index in [4.69, 9.17) is 0 Å². The Morgan fingerprint density at radius 1 is 1.11 bits per heavy atom. The van der Waals surface area contributed by atoms with Gasteiger partial charge in [-0.05, 0) is 30.3 Å². The number of halogens is 3. The Hall–Kier alpha value is -3.30. The average molecular weight is 382 g/mol. The molecule has 0 aliphatic heterocycles. The predicted molar refractivity (Wildman–Crippen MR) is 92.1 cm³/mol. The molecule has 0 atom stereocenters. The van der Waals surface area contributed by atoms with Gasteiger partial charge in [-0.2, -0.15) is 13.2 Å². The predicted octanol–water partition coefficient (Wildman–Crippen LogP) is 1.39. The first-order valence-electron chi connectivity index (χ1n) is 7.73. The summed E-state index contributed by atoms with van der Waals surface area (Å²) in [5, 5.41) is 0. The molecule has 0 spiro atoms. The van der Waals surface area contributed by atoms with E-state index >= 15 is 0 Å². The van der Waals surface area contributed by atoms with Gasteiger partial charge < -0.3 is 9.47 Å². The number of anilines is 1. The number of aromatic nitrogens is 1. The van der Waals surface area contributed by atoms with E-state index in [-0.39, 0.29) is 5.56 Å². The van der Waals surface area contributed by atoms with Crippen molar-refractivity contribution in [2.24, 2.45) is 0 Å². The Morgan fingerprint density at radius 2 is 1.81 bits per heavy atom. The largest absolute Gasteiger partial charge is 0.421 e. The monoisotopic (exact) mass is 382 g/mol. The first-order valence-corrected chi connectivity index (χ1v) is 7.73. The number of nitrogens with one attached hydrogen (secondary N) is 2. The van der Waals surface area contributed by atoms with Crippen LogP contribution < -0.4 is 21.3 Å². The minimum Gasteiger partial charge on any atom is -0.378 e. The molecular formula is C17H17F3N4O3. The molecule has 0 saturated carbocycles. The molecule has 0 radical (unpaired) electrons. The Morgan fingerprint density at radius 3 is 2.44 bits per heavy atom. The van der Waals surface area contributed by atoms with Gasteiger partial charge >= 0.3 is 6.18 Å². The lowest BCUT2D eigenvalue weighted by molar-refractivity contribution is -0.139. The number of amides is 2. The van der Waals surface area contributed by atoms with Crippen LogP contribution in [-0.2, 0) is 17.5 Å². The van der Waals surface area contributed by atoms with Crippen molar-refractivity contribution >= 4 is 17.5 Å². The highest BCUT2D eigenvalue weighted by Crippen LogP contribution is 2.25. The molecule has 144 valence electrons. The lowest BCUT2D eigenvalue weighted by Crippen LogP contribution is -2.44. The zero-order valence-corrected chi connectivity index (χ0v) is 14.5. The minimum absolute atomic E-state index is 0.276. The summed E-state index contributed by atoms with van der Waals surface area (Å²) in [7, 11) is 3.59. The van der Waals surface area contributed by atoms with Crippen LogP contribution in [0.5, 0.6) is 0 Å². The van der Waals surface area contributed by atoms with Crippen LogP contribution in [0.4, 0.5) is 18.9 Å². The van der Waals surface area contributed by atoms with Gasteiger partial charge in [0, 0.05) is 31.5 Å². The quantitative estimate of drug-likeness (QED) is 0.783. The van der Waals surface area contributed by atoms with Crippen LogP contribution in [0.25, 0.3) is 0 Å². The molecule has 1 aromatic carbocycles. The van der Waals surface area contributed by atoms with Gasteiger partial charge in [0.25, 0.3) is 17.4 Å². The molecule has 2 amide bonds. The number of pyridine rings is 1. The van der Waals surface area contributed by atoms with E-state index in [1.54, 1.807) is 37.2 Å². The number of carbonyl (C=O) groups excluding carboxylic acids is 2. The lowest BCUT2D eigenvalue weighted by Gasteiger charge is -2.14. The maximum Gasteiger partial charge on any atom is 0.421 e. The Balaban J connectivity index is 2.02. The third-order valence-corrected chi connectivity index (χ3v) is 3.58. The molecule has 0 unspecified atom stereocenters. The van der Waals surface area contributed by atoms with E-state index in [9.17, 15) is 27.6 Å². The second kappa shape index (κ2) is 7.94. The minimum atomic E-state index is -4.82. The number of nitrogens with zero attached hydrogens (tertiary/aromatic N) is 2. The first-order chi connectivity index (χ1) is 12.6. The van der Waals surface area contributed by atoms with Crippen molar-refractivity contribution in [3.05, 3.63) is 64.1 Å². The normalized spacial score (nSPS) is 11.0. The van der Waals surface area contributed by atoms with Crippen LogP contribution in [0.1, 0.15) is 15.9 Å². The maximum absolute atomic E-state index is 12.7. The van der Waals surface area contributed by atoms with Crippen molar-refractivity contribution in [1.82, 2.24) is 15.4 Å². The van der Waals surface area contributed by atoms with Gasteiger partial charge in [-0.1, -0.05) is 6.07 Å². The number of alkyl halides is 3. The molecule has 2 N–H and O–H groups in total. The maximum atomic E-state index is 12.7. The average Bonchev–Trinajstić information content (AvgIpc) is 2.60. The van der Waals surface area contributed by atoms with Gasteiger partial charge in [0.2, 0.25) is 0 Å². The summed E-state index contributed by atoms with van der Waals surface area (Å²) < 4.78 is 38.8. The van der Waals surface area contributed by atoms with Crippen molar-refractivity contribution in [2.45, 2.75) is 12.7 Å². The van der Waals surface area contributed by atoms with Crippen LogP contribution in [-0.4, -0.2) is 30.5 Å². The lowest BCUT2D eigenvalue weighted by atomic mass is 10.2. The molecular weight excluding hydrogens is 365 g/mol. The van der Waals surface area contributed by atoms with Gasteiger partial charge in [0.15, 0.2) is 0 Å². The fourth-order valence-corrected chi connectivity index (χ4v) is 2.20. The molecule has 0 aliphatic rings. The molecule has 10 heteroatoms. The molecule has 27 heavy (non-hydrogen) atoms. The van der Waals surface area contributed by atoms with Crippen molar-refractivity contribution in [2.75, 3.05) is 19.0 Å². The van der Waals surface area contributed by atoms with Crippen LogP contribution >= 0.6 is 0 Å². The van der Waals surface area contributed by atoms with Crippen molar-refractivity contribution < 1.29 is 22.8 Å². The van der Waals surface area contributed by atoms with E-state index in [1.807, 2.05) is 0 Å². The van der Waals surface area contributed by atoms with Crippen molar-refractivity contribution in [1.29, 1.82) is 0 Å². The summed E-state index contributed by atoms with van der Waals surface area (Å²) in [6.45, 7) is -0.680. The molecule has 0 fully saturated rings. The Labute approximate surface area is 152 Å². The van der Waals surface area contributed by atoms with E-state index in [1.165, 1.54) is 6.07 Å². The van der Waals surface area contributed by atoms with E-state index in [2.05, 4.69) is 10.9 Å². The van der Waals surface area contributed by atoms with Crippen LogP contribution in [0.2, 0.25) is 0 Å². The number of rotatable bonds is 4. The smallest absolute Gasteiger partial charge is 0.378 e. The molecule has 1 heterocycles. The molecule has 2 aromatic rings. The molecule has 0 saturated heterocycles. The third kappa shape index (κ3) is 5.09. The number of carbonyl (C=O) groups is 2. The van der Waals surface area contributed by atoms with Gasteiger partial charge in [-0.15, -0.1) is 0 Å². The Kier molecular flexibility index (Phi) is 5.88. The summed E-state index contributed by atoms with van der Waals surface area (Å²) in [6, 6.07) is 8.23. The van der Waals surface area contributed by atoms with E-state index in [0.717, 1.165) is 18.0 Å². The summed E-state index contributed by atoms with van der Waals surface area (Å²) in [4.78, 5) is 37.5. The fourth-order valence-electron chi connectivity index (χ4n) is 2.20. The second-order valence-electron chi connectivity index (χ2n) is 5.80. The van der Waals surface area contributed by atoms with Gasteiger partial charge in [0.05, 0.1) is 0 Å². The number of hydrazine groups is 1. The number of benzene rings is 1. The molecule has 0 bridgehead atoms. The summed E-state index contributed by atoms with van der Waals surface area (Å²) in [5.41, 5.74) is 2.55. The second-order valence-corrected chi connectivity index (χ2v) is 5.80. The van der Waals surface area contributed by atoms with Crippen LogP contribution in [0.15, 0.2) is 47.4 Å². The molecule has 0 aliphatic carbocycles. The zero-order chi connectivity index (χ0) is 20.2. The molecule has 2 rings (SSSR count). The molecule has 1 aromatic heterocycles. The van der Waals surface area contributed by atoms with Crippen molar-refractivity contribution in [3.63, 3.8) is 0 Å². The summed E-state index contributed by atoms with van der Waals surface area (Å²) >= 11 is 0. The Bertz CT molecular complexity index is 907. The number of hydrogen-bond acceptors (Lipinski definition) is 4. The first kappa shape index (κ1) is 20.0. The highest BCUT2D eigenvalue weighted by molar-refractivity contribution is 5.96. The van der Waals surface area contributed by atoms with Gasteiger partial charge in [-0.25, -0.2) is 0 Å². The fraction of sp³-hybridized carbons (Fsp3) is 0.235. The summed E-state index contributed by atoms with van der Waals surface area (Å²) in [5.74, 6) is -1.46. The zero-order valence-electron chi connectivity index (χ0n) is 14.5. The van der Waals surface area contributed by atoms with Crippen molar-refractivity contribution in [3.8, 4) is 0 Å². The van der Waals surface area contributed by atoms with Crippen LogP contribution in [0.3, 0.4) is 0 Å². The van der Waals surface area contributed by atoms with Gasteiger partial charge in [-0.3, -0.25) is 25.2 Å². The number of hydrogen-bond donors (Lipinski definition) is 2. The molecule has 7 nitrogen and oxygen atoms in total. The van der Waals surface area contributed by atoms with Gasteiger partial charge in [0.1, 0.15) is 12.1 Å². The SMILES string of the molecule is CN(C)c1cccc(C(=O)NNC(=O)Cn2cccc(C(F)(F)F)c2=O)c1. The van der Waals surface area contributed by atoms with E-state index < -0.39 is 35.7 Å².